The number of ether oxygens (including phenoxy) is 1. The summed E-state index contributed by atoms with van der Waals surface area (Å²) in [4.78, 5) is 0. The van der Waals surface area contributed by atoms with Gasteiger partial charge in [-0.25, -0.2) is 0 Å². The predicted octanol–water partition coefficient (Wildman–Crippen LogP) is 3.92. The van der Waals surface area contributed by atoms with Crippen molar-refractivity contribution >= 4 is 11.9 Å². The van der Waals surface area contributed by atoms with Gasteiger partial charge in [-0.1, -0.05) is 37.3 Å². The van der Waals surface area contributed by atoms with Crippen molar-refractivity contribution in [2.75, 3.05) is 12.0 Å². The fourth-order valence-corrected chi connectivity index (χ4v) is 1.62. The van der Waals surface area contributed by atoms with E-state index in [2.05, 4.69) is 17.5 Å². The summed E-state index contributed by atoms with van der Waals surface area (Å²) in [5.74, 6) is 0.864. The van der Waals surface area contributed by atoms with Gasteiger partial charge < -0.3 is 4.74 Å². The lowest BCUT2D eigenvalue weighted by atomic mass is 10.2. The van der Waals surface area contributed by atoms with Crippen LogP contribution < -0.4 is 10.2 Å². The summed E-state index contributed by atoms with van der Waals surface area (Å²) in [6, 6.07) is 17.7. The molecule has 0 unspecified atom stereocenters. The van der Waals surface area contributed by atoms with Crippen LogP contribution in [0.2, 0.25) is 0 Å². The summed E-state index contributed by atoms with van der Waals surface area (Å²) < 4.78 is 5.67. The Morgan fingerprint density at radius 3 is 2.58 bits per heavy atom. The van der Waals surface area contributed by atoms with Crippen molar-refractivity contribution in [1.29, 1.82) is 0 Å². The zero-order valence-electron chi connectivity index (χ0n) is 11.0. The number of anilines is 1. The molecule has 0 heterocycles. The number of nitrogens with zero attached hydrogens (tertiary/aromatic N) is 1. The van der Waals surface area contributed by atoms with Gasteiger partial charge >= 0.3 is 0 Å². The second-order valence-electron chi connectivity index (χ2n) is 4.12. The molecule has 0 bridgehead atoms. The molecule has 2 aromatic carbocycles. The molecule has 98 valence electrons. The van der Waals surface area contributed by atoms with Crippen LogP contribution in [0.5, 0.6) is 5.75 Å². The molecule has 2 rings (SSSR count). The molecule has 2 aromatic rings. The molecule has 0 saturated carbocycles. The molecule has 0 amide bonds. The summed E-state index contributed by atoms with van der Waals surface area (Å²) in [6.45, 7) is 2.81. The molecule has 0 fully saturated rings. The summed E-state index contributed by atoms with van der Waals surface area (Å²) >= 11 is 0. The molecule has 0 aliphatic heterocycles. The zero-order chi connectivity index (χ0) is 13.3. The summed E-state index contributed by atoms with van der Waals surface area (Å²) in [6.07, 6.45) is 2.77. The third-order valence-corrected chi connectivity index (χ3v) is 2.55. The largest absolute Gasteiger partial charge is 0.493 e. The van der Waals surface area contributed by atoms with E-state index < -0.39 is 0 Å². The van der Waals surface area contributed by atoms with Gasteiger partial charge in [-0.15, -0.1) is 0 Å². The molecule has 0 spiro atoms. The highest BCUT2D eigenvalue weighted by atomic mass is 16.5. The molecule has 3 nitrogen and oxygen atoms in total. The fraction of sp³-hybridized carbons (Fsp3) is 0.188. The Morgan fingerprint density at radius 2 is 1.79 bits per heavy atom. The third-order valence-electron chi connectivity index (χ3n) is 2.55. The molecule has 0 aliphatic rings. The van der Waals surface area contributed by atoms with Gasteiger partial charge in [0.25, 0.3) is 0 Å². The molecular weight excluding hydrogens is 236 g/mol. The Balaban J connectivity index is 2.02. The van der Waals surface area contributed by atoms with Crippen LogP contribution in [0, 0.1) is 0 Å². The van der Waals surface area contributed by atoms with Crippen LogP contribution in [0.25, 0.3) is 0 Å². The normalized spacial score (nSPS) is 10.6. The van der Waals surface area contributed by atoms with Crippen LogP contribution in [0.4, 0.5) is 5.69 Å². The maximum absolute atomic E-state index is 5.67. The Morgan fingerprint density at radius 1 is 1.05 bits per heavy atom. The van der Waals surface area contributed by atoms with Gasteiger partial charge in [-0.2, -0.15) is 5.10 Å². The SMILES string of the molecule is CCCOc1ccccc1/C=N/Nc1ccccc1. The van der Waals surface area contributed by atoms with Crippen molar-refractivity contribution in [3.05, 3.63) is 60.2 Å². The molecule has 0 atom stereocenters. The number of nitrogens with one attached hydrogen (secondary N) is 1. The maximum Gasteiger partial charge on any atom is 0.128 e. The van der Waals surface area contributed by atoms with Crippen molar-refractivity contribution in [2.45, 2.75) is 13.3 Å². The summed E-state index contributed by atoms with van der Waals surface area (Å²) in [7, 11) is 0. The quantitative estimate of drug-likeness (QED) is 0.626. The number of hydrogen-bond donors (Lipinski definition) is 1. The third kappa shape index (κ3) is 4.14. The Bertz CT molecular complexity index is 523. The predicted molar refractivity (Wildman–Crippen MR) is 79.9 cm³/mol. The highest BCUT2D eigenvalue weighted by Gasteiger charge is 1.99. The first kappa shape index (κ1) is 13.1. The molecular formula is C16H18N2O. The van der Waals surface area contributed by atoms with Crippen molar-refractivity contribution in [3.63, 3.8) is 0 Å². The van der Waals surface area contributed by atoms with E-state index in [0.29, 0.717) is 0 Å². The van der Waals surface area contributed by atoms with Gasteiger partial charge in [0.05, 0.1) is 18.5 Å². The minimum Gasteiger partial charge on any atom is -0.493 e. The van der Waals surface area contributed by atoms with Gasteiger partial charge in [0.15, 0.2) is 0 Å². The van der Waals surface area contributed by atoms with Crippen molar-refractivity contribution in [2.24, 2.45) is 5.10 Å². The average Bonchev–Trinajstić information content (AvgIpc) is 2.47. The molecule has 0 radical (unpaired) electrons. The smallest absolute Gasteiger partial charge is 0.128 e. The standard InChI is InChI=1S/C16H18N2O/c1-2-12-19-16-11-7-6-8-14(16)13-17-18-15-9-4-3-5-10-15/h3-11,13,18H,2,12H2,1H3/b17-13+. The van der Waals surface area contributed by atoms with E-state index in [9.17, 15) is 0 Å². The monoisotopic (exact) mass is 254 g/mol. The van der Waals surface area contributed by atoms with Gasteiger partial charge in [0.2, 0.25) is 0 Å². The topological polar surface area (TPSA) is 33.6 Å². The van der Waals surface area contributed by atoms with Gasteiger partial charge in [0.1, 0.15) is 5.75 Å². The fourth-order valence-electron chi connectivity index (χ4n) is 1.62. The van der Waals surface area contributed by atoms with Crippen molar-refractivity contribution in [3.8, 4) is 5.75 Å². The molecule has 3 heteroatoms. The van der Waals surface area contributed by atoms with Crippen LogP contribution in [0.15, 0.2) is 59.7 Å². The van der Waals surface area contributed by atoms with E-state index in [1.165, 1.54) is 0 Å². The van der Waals surface area contributed by atoms with Crippen LogP contribution in [0.3, 0.4) is 0 Å². The lowest BCUT2D eigenvalue weighted by Crippen LogP contribution is -1.99. The highest BCUT2D eigenvalue weighted by Crippen LogP contribution is 2.16. The van der Waals surface area contributed by atoms with Gasteiger partial charge in [0, 0.05) is 5.56 Å². The minimum absolute atomic E-state index is 0.719. The Kier molecular flexibility index (Phi) is 4.99. The van der Waals surface area contributed by atoms with E-state index in [1.54, 1.807) is 6.21 Å². The Labute approximate surface area is 113 Å². The molecule has 0 aliphatic carbocycles. The zero-order valence-corrected chi connectivity index (χ0v) is 11.0. The van der Waals surface area contributed by atoms with E-state index in [-0.39, 0.29) is 0 Å². The number of para-hydroxylation sites is 2. The lowest BCUT2D eigenvalue weighted by Gasteiger charge is -2.07. The minimum atomic E-state index is 0.719. The van der Waals surface area contributed by atoms with E-state index >= 15 is 0 Å². The maximum atomic E-state index is 5.67. The average molecular weight is 254 g/mol. The Hall–Kier alpha value is -2.29. The number of rotatable bonds is 6. The number of hydrogen-bond acceptors (Lipinski definition) is 3. The highest BCUT2D eigenvalue weighted by molar-refractivity contribution is 5.83. The van der Waals surface area contributed by atoms with Crippen molar-refractivity contribution in [1.82, 2.24) is 0 Å². The summed E-state index contributed by atoms with van der Waals surface area (Å²) in [5.41, 5.74) is 4.93. The molecule has 0 aromatic heterocycles. The van der Waals surface area contributed by atoms with Crippen LogP contribution >= 0.6 is 0 Å². The van der Waals surface area contributed by atoms with Crippen LogP contribution in [0.1, 0.15) is 18.9 Å². The first-order valence-corrected chi connectivity index (χ1v) is 6.46. The van der Waals surface area contributed by atoms with E-state index in [1.807, 2.05) is 54.6 Å². The van der Waals surface area contributed by atoms with Gasteiger partial charge in [-0.3, -0.25) is 5.43 Å². The summed E-state index contributed by atoms with van der Waals surface area (Å²) in [5, 5.41) is 4.23. The number of hydrazone groups is 1. The van der Waals surface area contributed by atoms with E-state index in [0.717, 1.165) is 30.0 Å². The van der Waals surface area contributed by atoms with Gasteiger partial charge in [-0.05, 0) is 30.7 Å². The first-order valence-electron chi connectivity index (χ1n) is 6.46. The second-order valence-corrected chi connectivity index (χ2v) is 4.12. The molecule has 19 heavy (non-hydrogen) atoms. The van der Waals surface area contributed by atoms with Crippen LogP contribution in [-0.2, 0) is 0 Å². The van der Waals surface area contributed by atoms with Crippen LogP contribution in [-0.4, -0.2) is 12.8 Å². The first-order chi connectivity index (χ1) is 9.40. The molecule has 1 N–H and O–H groups in total. The second kappa shape index (κ2) is 7.21. The molecule has 0 saturated heterocycles. The number of benzene rings is 2. The lowest BCUT2D eigenvalue weighted by molar-refractivity contribution is 0.317. The van der Waals surface area contributed by atoms with Crippen molar-refractivity contribution < 1.29 is 4.74 Å². The van der Waals surface area contributed by atoms with E-state index in [4.69, 9.17) is 4.74 Å².